The van der Waals surface area contributed by atoms with E-state index in [9.17, 15) is 0 Å². The van der Waals surface area contributed by atoms with Gasteiger partial charge in [-0.15, -0.1) is 0 Å². The predicted molar refractivity (Wildman–Crippen MR) is 67.4 cm³/mol. The van der Waals surface area contributed by atoms with Crippen LogP contribution in [0.5, 0.6) is 0 Å². The Kier molecular flexibility index (Phi) is 2.40. The summed E-state index contributed by atoms with van der Waals surface area (Å²) in [6.45, 7) is 3.84. The lowest BCUT2D eigenvalue weighted by atomic mass is 9.64. The number of likely N-dealkylation sites (tertiary alicyclic amines) is 1. The molecule has 0 atom stereocenters. The van der Waals surface area contributed by atoms with Crippen LogP contribution < -0.4 is 5.73 Å². The van der Waals surface area contributed by atoms with Gasteiger partial charge in [-0.1, -0.05) is 18.6 Å². The van der Waals surface area contributed by atoms with Gasteiger partial charge in [0.1, 0.15) is 0 Å². The molecule has 0 aromatic heterocycles. The highest BCUT2D eigenvalue weighted by Gasteiger charge is 2.40. The van der Waals surface area contributed by atoms with Gasteiger partial charge in [0, 0.05) is 17.6 Å². The number of nitrogens with zero attached hydrogens (tertiary/aromatic N) is 1. The first-order chi connectivity index (χ1) is 7.78. The molecule has 1 heterocycles. The van der Waals surface area contributed by atoms with Crippen LogP contribution in [0.3, 0.4) is 0 Å². The van der Waals surface area contributed by atoms with Crippen molar-refractivity contribution in [2.45, 2.75) is 31.1 Å². The van der Waals surface area contributed by atoms with Crippen molar-refractivity contribution in [3.05, 3.63) is 29.8 Å². The fourth-order valence-electron chi connectivity index (χ4n) is 2.98. The van der Waals surface area contributed by atoms with Gasteiger partial charge in [-0.3, -0.25) is 0 Å². The molecule has 2 nitrogen and oxygen atoms in total. The molecular formula is C14H20N2. The normalized spacial score (nSPS) is 23.5. The largest absolute Gasteiger partial charge is 0.399 e. The van der Waals surface area contributed by atoms with Crippen molar-refractivity contribution >= 4 is 5.69 Å². The highest BCUT2D eigenvalue weighted by atomic mass is 15.2. The van der Waals surface area contributed by atoms with Crippen molar-refractivity contribution in [2.75, 3.05) is 25.4 Å². The lowest BCUT2D eigenvalue weighted by molar-refractivity contribution is 0.0936. The second-order valence-corrected chi connectivity index (χ2v) is 5.39. The van der Waals surface area contributed by atoms with E-state index in [0.717, 1.165) is 5.69 Å². The summed E-state index contributed by atoms with van der Waals surface area (Å²) in [5.74, 6) is 0. The molecule has 3 rings (SSSR count). The average Bonchev–Trinajstić information content (AvgIpc) is 2.13. The van der Waals surface area contributed by atoms with E-state index in [0.29, 0.717) is 5.41 Å². The van der Waals surface area contributed by atoms with E-state index < -0.39 is 0 Å². The number of hydrogen-bond donors (Lipinski definition) is 1. The minimum atomic E-state index is 0.426. The summed E-state index contributed by atoms with van der Waals surface area (Å²) in [5, 5.41) is 0. The highest BCUT2D eigenvalue weighted by Crippen LogP contribution is 2.45. The van der Waals surface area contributed by atoms with Gasteiger partial charge in [0.15, 0.2) is 0 Å². The predicted octanol–water partition coefficient (Wildman–Crippen LogP) is 2.40. The fourth-order valence-corrected chi connectivity index (χ4v) is 2.98. The Morgan fingerprint density at radius 1 is 1.19 bits per heavy atom. The summed E-state index contributed by atoms with van der Waals surface area (Å²) >= 11 is 0. The first-order valence-electron chi connectivity index (χ1n) is 6.37. The number of nitrogens with two attached hydrogens (primary N) is 1. The van der Waals surface area contributed by atoms with Gasteiger partial charge in [0.25, 0.3) is 0 Å². The highest BCUT2D eigenvalue weighted by molar-refractivity contribution is 5.44. The molecule has 1 saturated carbocycles. The summed E-state index contributed by atoms with van der Waals surface area (Å²) < 4.78 is 0. The summed E-state index contributed by atoms with van der Waals surface area (Å²) in [7, 11) is 0. The molecule has 1 saturated heterocycles. The van der Waals surface area contributed by atoms with E-state index in [1.807, 2.05) is 6.07 Å². The van der Waals surface area contributed by atoms with E-state index in [-0.39, 0.29) is 0 Å². The molecule has 1 aliphatic heterocycles. The maximum Gasteiger partial charge on any atom is 0.0316 e. The second kappa shape index (κ2) is 3.77. The Balaban J connectivity index is 1.83. The Hall–Kier alpha value is -1.02. The molecule has 2 fully saturated rings. The Labute approximate surface area is 97.4 Å². The second-order valence-electron chi connectivity index (χ2n) is 5.39. The van der Waals surface area contributed by atoms with E-state index >= 15 is 0 Å². The molecular weight excluding hydrogens is 196 g/mol. The maximum absolute atomic E-state index is 5.90. The summed E-state index contributed by atoms with van der Waals surface area (Å²) in [6, 6.07) is 8.52. The molecule has 1 aromatic rings. The molecule has 0 spiro atoms. The van der Waals surface area contributed by atoms with E-state index in [4.69, 9.17) is 5.73 Å². The summed E-state index contributed by atoms with van der Waals surface area (Å²) in [4.78, 5) is 2.59. The lowest BCUT2D eigenvalue weighted by Gasteiger charge is -2.48. The molecule has 2 aliphatic rings. The minimum absolute atomic E-state index is 0.426. The van der Waals surface area contributed by atoms with Crippen LogP contribution >= 0.6 is 0 Å². The van der Waals surface area contributed by atoms with Crippen LogP contribution in [-0.4, -0.2) is 24.5 Å². The van der Waals surface area contributed by atoms with Gasteiger partial charge < -0.3 is 10.6 Å². The first kappa shape index (κ1) is 10.2. The molecule has 0 unspecified atom stereocenters. The maximum atomic E-state index is 5.90. The summed E-state index contributed by atoms with van der Waals surface area (Å²) in [6.07, 6.45) is 5.44. The van der Waals surface area contributed by atoms with Crippen molar-refractivity contribution in [2.24, 2.45) is 0 Å². The third kappa shape index (κ3) is 1.61. The van der Waals surface area contributed by atoms with E-state index in [1.165, 1.54) is 50.9 Å². The van der Waals surface area contributed by atoms with Crippen molar-refractivity contribution in [3.63, 3.8) is 0 Å². The smallest absolute Gasteiger partial charge is 0.0316 e. The zero-order chi connectivity index (χ0) is 11.0. The fraction of sp³-hybridized carbons (Fsp3) is 0.571. The van der Waals surface area contributed by atoms with Crippen LogP contribution in [-0.2, 0) is 5.41 Å². The third-order valence-electron chi connectivity index (χ3n) is 4.28. The van der Waals surface area contributed by atoms with Gasteiger partial charge in [-0.25, -0.2) is 0 Å². The van der Waals surface area contributed by atoms with Crippen molar-refractivity contribution in [1.82, 2.24) is 4.90 Å². The van der Waals surface area contributed by atoms with E-state index in [2.05, 4.69) is 23.1 Å². The standard InChI is InChI=1S/C14H20N2/c15-13-5-1-4-12(10-13)14(6-2-7-14)11-16-8-3-9-16/h1,4-5,10H,2-3,6-9,11,15H2. The van der Waals surface area contributed by atoms with Gasteiger partial charge in [-0.2, -0.15) is 0 Å². The first-order valence-corrected chi connectivity index (χ1v) is 6.37. The molecule has 0 amide bonds. The number of hydrogen-bond acceptors (Lipinski definition) is 2. The monoisotopic (exact) mass is 216 g/mol. The van der Waals surface area contributed by atoms with Crippen molar-refractivity contribution < 1.29 is 0 Å². The molecule has 0 radical (unpaired) electrons. The molecule has 2 heteroatoms. The number of rotatable bonds is 3. The SMILES string of the molecule is Nc1cccc(C2(CN3CCC3)CCC2)c1. The molecule has 16 heavy (non-hydrogen) atoms. The van der Waals surface area contributed by atoms with Crippen LogP contribution in [0.15, 0.2) is 24.3 Å². The molecule has 86 valence electrons. The number of nitrogen functional groups attached to an aromatic ring is 1. The van der Waals surface area contributed by atoms with Crippen LogP contribution in [0.2, 0.25) is 0 Å². The topological polar surface area (TPSA) is 29.3 Å². The molecule has 1 aliphatic carbocycles. The zero-order valence-electron chi connectivity index (χ0n) is 9.78. The number of benzene rings is 1. The van der Waals surface area contributed by atoms with Crippen molar-refractivity contribution in [1.29, 1.82) is 0 Å². The Bertz CT molecular complexity index is 378. The number of anilines is 1. The van der Waals surface area contributed by atoms with Crippen LogP contribution in [0.4, 0.5) is 5.69 Å². The molecule has 1 aromatic carbocycles. The Morgan fingerprint density at radius 2 is 2.00 bits per heavy atom. The van der Waals surface area contributed by atoms with Crippen molar-refractivity contribution in [3.8, 4) is 0 Å². The van der Waals surface area contributed by atoms with E-state index in [1.54, 1.807) is 0 Å². The molecule has 0 bridgehead atoms. The summed E-state index contributed by atoms with van der Waals surface area (Å²) in [5.41, 5.74) is 8.70. The molecule has 2 N–H and O–H groups in total. The van der Waals surface area contributed by atoms with Crippen LogP contribution in [0, 0.1) is 0 Å². The van der Waals surface area contributed by atoms with Gasteiger partial charge in [0.2, 0.25) is 0 Å². The minimum Gasteiger partial charge on any atom is -0.399 e. The quantitative estimate of drug-likeness (QED) is 0.786. The third-order valence-corrected chi connectivity index (χ3v) is 4.28. The van der Waals surface area contributed by atoms with Gasteiger partial charge >= 0.3 is 0 Å². The van der Waals surface area contributed by atoms with Crippen LogP contribution in [0.25, 0.3) is 0 Å². The zero-order valence-corrected chi connectivity index (χ0v) is 9.78. The average molecular weight is 216 g/mol. The lowest BCUT2D eigenvalue weighted by Crippen LogP contribution is -2.50. The van der Waals surface area contributed by atoms with Gasteiger partial charge in [-0.05, 0) is 50.0 Å². The van der Waals surface area contributed by atoms with Crippen LogP contribution in [0.1, 0.15) is 31.2 Å². The Morgan fingerprint density at radius 3 is 2.50 bits per heavy atom. The van der Waals surface area contributed by atoms with Gasteiger partial charge in [0.05, 0.1) is 0 Å².